The van der Waals surface area contributed by atoms with Gasteiger partial charge < -0.3 is 9.64 Å². The zero-order chi connectivity index (χ0) is 13.1. The van der Waals surface area contributed by atoms with Gasteiger partial charge >= 0.3 is 0 Å². The highest BCUT2D eigenvalue weighted by Crippen LogP contribution is 2.29. The molecule has 0 aromatic heterocycles. The lowest BCUT2D eigenvalue weighted by Crippen LogP contribution is -2.36. The van der Waals surface area contributed by atoms with Gasteiger partial charge in [0.2, 0.25) is 0 Å². The van der Waals surface area contributed by atoms with Crippen LogP contribution >= 0.6 is 27.5 Å². The normalized spacial score (nSPS) is 14.4. The molecule has 1 aliphatic rings. The van der Waals surface area contributed by atoms with Crippen LogP contribution in [0.25, 0.3) is 0 Å². The lowest BCUT2D eigenvalue weighted by molar-refractivity contribution is -0.133. The molecule has 0 atom stereocenters. The Labute approximate surface area is 120 Å². The first-order valence-electron chi connectivity index (χ1n) is 5.99. The van der Waals surface area contributed by atoms with Gasteiger partial charge in [0.1, 0.15) is 5.75 Å². The van der Waals surface area contributed by atoms with E-state index < -0.39 is 0 Å². The van der Waals surface area contributed by atoms with Crippen LogP contribution in [0.3, 0.4) is 0 Å². The Balaban J connectivity index is 1.92. The number of benzene rings is 1. The van der Waals surface area contributed by atoms with Crippen LogP contribution in [-0.2, 0) is 4.79 Å². The molecule has 0 bridgehead atoms. The minimum Gasteiger partial charge on any atom is -0.482 e. The molecule has 1 amide bonds. The van der Waals surface area contributed by atoms with Crippen LogP contribution in [0.1, 0.15) is 19.8 Å². The number of carbonyl (C=O) groups is 1. The van der Waals surface area contributed by atoms with Crippen molar-refractivity contribution in [1.29, 1.82) is 0 Å². The highest BCUT2D eigenvalue weighted by atomic mass is 79.9. The van der Waals surface area contributed by atoms with Crippen molar-refractivity contribution < 1.29 is 9.53 Å². The third kappa shape index (κ3) is 3.39. The summed E-state index contributed by atoms with van der Waals surface area (Å²) in [4.78, 5) is 13.8. The van der Waals surface area contributed by atoms with Crippen molar-refractivity contribution in [3.05, 3.63) is 27.7 Å². The third-order valence-electron chi connectivity index (χ3n) is 2.89. The van der Waals surface area contributed by atoms with Crippen molar-refractivity contribution in [2.24, 2.45) is 0 Å². The molecular formula is C13H15BrClNO2. The summed E-state index contributed by atoms with van der Waals surface area (Å²) in [6.07, 6.45) is 2.22. The maximum absolute atomic E-state index is 12.0. The Morgan fingerprint density at radius 1 is 1.56 bits per heavy atom. The van der Waals surface area contributed by atoms with Gasteiger partial charge in [-0.25, -0.2) is 0 Å². The van der Waals surface area contributed by atoms with Crippen LogP contribution in [-0.4, -0.2) is 30.0 Å². The van der Waals surface area contributed by atoms with Crippen LogP contribution in [0.2, 0.25) is 5.02 Å². The average Bonchev–Trinajstić information content (AvgIpc) is 3.13. The van der Waals surface area contributed by atoms with Crippen LogP contribution < -0.4 is 4.74 Å². The van der Waals surface area contributed by atoms with E-state index in [4.69, 9.17) is 16.3 Å². The summed E-state index contributed by atoms with van der Waals surface area (Å²) in [6.45, 7) is 2.77. The molecule has 18 heavy (non-hydrogen) atoms. The lowest BCUT2D eigenvalue weighted by Gasteiger charge is -2.20. The molecule has 2 rings (SSSR count). The molecule has 1 aliphatic carbocycles. The number of likely N-dealkylation sites (N-methyl/N-ethyl adjacent to an activating group) is 1. The second-order valence-electron chi connectivity index (χ2n) is 4.27. The van der Waals surface area contributed by atoms with Crippen LogP contribution in [0, 0.1) is 0 Å². The van der Waals surface area contributed by atoms with Gasteiger partial charge in [-0.2, -0.15) is 0 Å². The molecule has 0 saturated heterocycles. The first-order valence-corrected chi connectivity index (χ1v) is 7.16. The van der Waals surface area contributed by atoms with E-state index in [1.165, 1.54) is 0 Å². The van der Waals surface area contributed by atoms with E-state index in [2.05, 4.69) is 15.9 Å². The molecule has 5 heteroatoms. The number of halogens is 2. The van der Waals surface area contributed by atoms with Gasteiger partial charge in [-0.3, -0.25) is 4.79 Å². The van der Waals surface area contributed by atoms with Gasteiger partial charge in [-0.05, 0) is 38.0 Å². The van der Waals surface area contributed by atoms with Crippen molar-refractivity contribution in [2.45, 2.75) is 25.8 Å². The van der Waals surface area contributed by atoms with E-state index >= 15 is 0 Å². The summed E-state index contributed by atoms with van der Waals surface area (Å²) < 4.78 is 6.36. The molecule has 0 radical (unpaired) electrons. The number of ether oxygens (including phenoxy) is 1. The number of rotatable bonds is 5. The fraction of sp³-hybridized carbons (Fsp3) is 0.462. The molecule has 0 heterocycles. The molecule has 1 aromatic rings. The van der Waals surface area contributed by atoms with Crippen LogP contribution in [0.15, 0.2) is 22.7 Å². The van der Waals surface area contributed by atoms with Gasteiger partial charge in [0.15, 0.2) is 6.61 Å². The molecule has 98 valence electrons. The zero-order valence-corrected chi connectivity index (χ0v) is 12.5. The fourth-order valence-corrected chi connectivity index (χ4v) is 2.57. The standard InChI is InChI=1S/C13H15BrClNO2/c1-2-16(10-4-5-10)13(17)8-18-12-6-3-9(14)7-11(12)15/h3,6-7,10H,2,4-5,8H2,1H3. The molecule has 1 saturated carbocycles. The smallest absolute Gasteiger partial charge is 0.260 e. The van der Waals surface area contributed by atoms with E-state index in [1.54, 1.807) is 12.1 Å². The minimum absolute atomic E-state index is 0.0268. The SMILES string of the molecule is CCN(C(=O)COc1ccc(Br)cc1Cl)C1CC1. The first kappa shape index (κ1) is 13.7. The Kier molecular flexibility index (Phi) is 4.51. The number of hydrogen-bond donors (Lipinski definition) is 0. The van der Waals surface area contributed by atoms with E-state index in [1.807, 2.05) is 17.9 Å². The molecule has 3 nitrogen and oxygen atoms in total. The van der Waals surface area contributed by atoms with Gasteiger partial charge in [0.25, 0.3) is 5.91 Å². The second kappa shape index (κ2) is 5.93. The highest BCUT2D eigenvalue weighted by Gasteiger charge is 2.31. The second-order valence-corrected chi connectivity index (χ2v) is 5.60. The van der Waals surface area contributed by atoms with Crippen molar-refractivity contribution >= 4 is 33.4 Å². The fourth-order valence-electron chi connectivity index (χ4n) is 1.84. The number of nitrogens with zero attached hydrogens (tertiary/aromatic N) is 1. The van der Waals surface area contributed by atoms with E-state index in [0.29, 0.717) is 16.8 Å². The molecule has 0 spiro atoms. The molecule has 1 aromatic carbocycles. The molecule has 0 N–H and O–H groups in total. The molecule has 0 unspecified atom stereocenters. The van der Waals surface area contributed by atoms with Gasteiger partial charge in [0, 0.05) is 17.1 Å². The Morgan fingerprint density at radius 2 is 2.28 bits per heavy atom. The van der Waals surface area contributed by atoms with Gasteiger partial charge in [-0.1, -0.05) is 27.5 Å². The Morgan fingerprint density at radius 3 is 2.83 bits per heavy atom. The summed E-state index contributed by atoms with van der Waals surface area (Å²) in [5.41, 5.74) is 0. The monoisotopic (exact) mass is 331 g/mol. The van der Waals surface area contributed by atoms with Crippen molar-refractivity contribution in [1.82, 2.24) is 4.90 Å². The summed E-state index contributed by atoms with van der Waals surface area (Å²) in [5.74, 6) is 0.569. The van der Waals surface area contributed by atoms with Gasteiger partial charge in [-0.15, -0.1) is 0 Å². The predicted molar refractivity (Wildman–Crippen MR) is 75.1 cm³/mol. The summed E-state index contributed by atoms with van der Waals surface area (Å²) in [7, 11) is 0. The highest BCUT2D eigenvalue weighted by molar-refractivity contribution is 9.10. The van der Waals surface area contributed by atoms with E-state index in [9.17, 15) is 4.79 Å². The number of hydrogen-bond acceptors (Lipinski definition) is 2. The van der Waals surface area contributed by atoms with E-state index in [-0.39, 0.29) is 12.5 Å². The van der Waals surface area contributed by atoms with Crippen molar-refractivity contribution in [3.63, 3.8) is 0 Å². The van der Waals surface area contributed by atoms with Crippen LogP contribution in [0.4, 0.5) is 0 Å². The first-order chi connectivity index (χ1) is 8.61. The predicted octanol–water partition coefficient (Wildman–Crippen LogP) is 3.49. The number of carbonyl (C=O) groups excluding carboxylic acids is 1. The largest absolute Gasteiger partial charge is 0.482 e. The maximum Gasteiger partial charge on any atom is 0.260 e. The third-order valence-corrected chi connectivity index (χ3v) is 3.68. The lowest BCUT2D eigenvalue weighted by atomic mass is 10.3. The quantitative estimate of drug-likeness (QED) is 0.826. The molecule has 0 aliphatic heterocycles. The summed E-state index contributed by atoms with van der Waals surface area (Å²) in [5, 5.41) is 0.506. The average molecular weight is 333 g/mol. The topological polar surface area (TPSA) is 29.5 Å². The van der Waals surface area contributed by atoms with Crippen LogP contribution in [0.5, 0.6) is 5.75 Å². The Bertz CT molecular complexity index is 449. The number of amides is 1. The van der Waals surface area contributed by atoms with Gasteiger partial charge in [0.05, 0.1) is 5.02 Å². The maximum atomic E-state index is 12.0. The zero-order valence-electron chi connectivity index (χ0n) is 10.2. The van der Waals surface area contributed by atoms with E-state index in [0.717, 1.165) is 23.9 Å². The Hall–Kier alpha value is -0.740. The van der Waals surface area contributed by atoms with Crippen molar-refractivity contribution in [3.8, 4) is 5.75 Å². The molecular weight excluding hydrogens is 318 g/mol. The minimum atomic E-state index is 0.0268. The van der Waals surface area contributed by atoms with Crippen molar-refractivity contribution in [2.75, 3.05) is 13.2 Å². The summed E-state index contributed by atoms with van der Waals surface area (Å²) >= 11 is 9.34. The summed E-state index contributed by atoms with van der Waals surface area (Å²) in [6, 6.07) is 5.77. The molecule has 1 fully saturated rings.